The van der Waals surface area contributed by atoms with Crippen LogP contribution in [0.2, 0.25) is 0 Å². The highest BCUT2D eigenvalue weighted by atomic mass is 16.5. The van der Waals surface area contributed by atoms with E-state index in [4.69, 9.17) is 9.84 Å². The molecule has 2 nitrogen and oxygen atoms in total. The number of methoxy groups -OCH3 is 1. The number of aliphatic hydroxyl groups excluding tert-OH is 1. The summed E-state index contributed by atoms with van der Waals surface area (Å²) in [6.07, 6.45) is 1.76. The number of rotatable bonds is 4. The first-order valence-corrected chi connectivity index (χ1v) is 4.64. The first-order valence-electron chi connectivity index (χ1n) is 4.64. The summed E-state index contributed by atoms with van der Waals surface area (Å²) in [7, 11) is 1.63. The van der Waals surface area contributed by atoms with Gasteiger partial charge in [-0.25, -0.2) is 0 Å². The molecule has 0 spiro atoms. The molecule has 0 saturated heterocycles. The van der Waals surface area contributed by atoms with E-state index in [1.807, 2.05) is 25.1 Å². The highest BCUT2D eigenvalue weighted by Gasteiger charge is 2.11. The highest BCUT2D eigenvalue weighted by molar-refractivity contribution is 5.60. The Balaban J connectivity index is 3.21. The van der Waals surface area contributed by atoms with Gasteiger partial charge >= 0.3 is 0 Å². The first-order chi connectivity index (χ1) is 6.74. The average molecular weight is 192 g/mol. The fraction of sp³-hybridized carbons (Fsp3) is 0.333. The average Bonchev–Trinajstić information content (AvgIpc) is 2.26. The Kier molecular flexibility index (Phi) is 3.72. The van der Waals surface area contributed by atoms with Crippen molar-refractivity contribution in [3.8, 4) is 5.75 Å². The Hall–Kier alpha value is -1.28. The zero-order valence-electron chi connectivity index (χ0n) is 8.66. The molecule has 0 aliphatic carbocycles. The maximum absolute atomic E-state index is 9.10. The van der Waals surface area contributed by atoms with Crippen molar-refractivity contribution in [1.29, 1.82) is 0 Å². The van der Waals surface area contributed by atoms with E-state index >= 15 is 0 Å². The molecule has 0 amide bonds. The van der Waals surface area contributed by atoms with Gasteiger partial charge < -0.3 is 9.84 Å². The molecule has 1 atom stereocenters. The fourth-order valence-electron chi connectivity index (χ4n) is 1.49. The van der Waals surface area contributed by atoms with Gasteiger partial charge in [-0.3, -0.25) is 0 Å². The van der Waals surface area contributed by atoms with Crippen molar-refractivity contribution in [2.24, 2.45) is 0 Å². The van der Waals surface area contributed by atoms with E-state index in [0.717, 1.165) is 16.9 Å². The lowest BCUT2D eigenvalue weighted by Gasteiger charge is -2.14. The molecule has 0 aliphatic heterocycles. The summed E-state index contributed by atoms with van der Waals surface area (Å²) in [5.74, 6) is 0.913. The van der Waals surface area contributed by atoms with Crippen LogP contribution in [0.3, 0.4) is 0 Å². The molecule has 1 aromatic rings. The second-order valence-electron chi connectivity index (χ2n) is 3.25. The van der Waals surface area contributed by atoms with Crippen molar-refractivity contribution in [3.05, 3.63) is 35.9 Å². The van der Waals surface area contributed by atoms with Gasteiger partial charge in [0.1, 0.15) is 5.75 Å². The maximum atomic E-state index is 9.10. The summed E-state index contributed by atoms with van der Waals surface area (Å²) in [5, 5.41) is 9.10. The van der Waals surface area contributed by atoms with Gasteiger partial charge in [-0.1, -0.05) is 31.7 Å². The van der Waals surface area contributed by atoms with E-state index in [2.05, 4.69) is 6.58 Å². The van der Waals surface area contributed by atoms with Gasteiger partial charge in [0.15, 0.2) is 0 Å². The van der Waals surface area contributed by atoms with Gasteiger partial charge in [0, 0.05) is 18.1 Å². The summed E-state index contributed by atoms with van der Waals surface area (Å²) in [6.45, 7) is 5.86. The SMILES string of the molecule is C=Cc1c(OC)cccc1C(C)CO. The molecule has 0 aromatic heterocycles. The van der Waals surface area contributed by atoms with Crippen molar-refractivity contribution >= 4 is 6.08 Å². The minimum Gasteiger partial charge on any atom is -0.496 e. The first kappa shape index (κ1) is 10.8. The smallest absolute Gasteiger partial charge is 0.126 e. The van der Waals surface area contributed by atoms with Crippen LogP contribution in [0.15, 0.2) is 24.8 Å². The molecule has 2 heteroatoms. The van der Waals surface area contributed by atoms with Crippen LogP contribution in [-0.2, 0) is 0 Å². The Morgan fingerprint density at radius 1 is 1.57 bits per heavy atom. The Bertz CT molecular complexity index is 318. The topological polar surface area (TPSA) is 29.5 Å². The molecule has 0 radical (unpaired) electrons. The van der Waals surface area contributed by atoms with Crippen LogP contribution in [0.25, 0.3) is 6.08 Å². The number of ether oxygens (including phenoxy) is 1. The predicted octanol–water partition coefficient (Wildman–Crippen LogP) is 2.43. The summed E-state index contributed by atoms with van der Waals surface area (Å²) < 4.78 is 5.22. The number of hydrogen-bond acceptors (Lipinski definition) is 2. The van der Waals surface area contributed by atoms with Crippen LogP contribution in [0.4, 0.5) is 0 Å². The molecular formula is C12H16O2. The van der Waals surface area contributed by atoms with Crippen LogP contribution in [-0.4, -0.2) is 18.8 Å². The van der Waals surface area contributed by atoms with Gasteiger partial charge in [-0.2, -0.15) is 0 Å². The maximum Gasteiger partial charge on any atom is 0.126 e. The van der Waals surface area contributed by atoms with Crippen LogP contribution in [0.5, 0.6) is 5.75 Å². The van der Waals surface area contributed by atoms with E-state index in [9.17, 15) is 0 Å². The van der Waals surface area contributed by atoms with E-state index in [1.54, 1.807) is 13.2 Å². The zero-order chi connectivity index (χ0) is 10.6. The largest absolute Gasteiger partial charge is 0.496 e. The molecule has 76 valence electrons. The van der Waals surface area contributed by atoms with Gasteiger partial charge in [-0.15, -0.1) is 0 Å². The molecule has 1 N–H and O–H groups in total. The summed E-state index contributed by atoms with van der Waals surface area (Å²) >= 11 is 0. The van der Waals surface area contributed by atoms with Gasteiger partial charge in [0.25, 0.3) is 0 Å². The molecule has 0 heterocycles. The molecule has 1 unspecified atom stereocenters. The molecule has 14 heavy (non-hydrogen) atoms. The quantitative estimate of drug-likeness (QED) is 0.794. The monoisotopic (exact) mass is 192 g/mol. The summed E-state index contributed by atoms with van der Waals surface area (Å²) in [4.78, 5) is 0. The van der Waals surface area contributed by atoms with E-state index < -0.39 is 0 Å². The Labute approximate surface area is 84.8 Å². The Morgan fingerprint density at radius 3 is 2.79 bits per heavy atom. The van der Waals surface area contributed by atoms with E-state index in [1.165, 1.54) is 0 Å². The lowest BCUT2D eigenvalue weighted by Crippen LogP contribution is -2.02. The van der Waals surface area contributed by atoms with Gasteiger partial charge in [-0.05, 0) is 11.6 Å². The van der Waals surface area contributed by atoms with Crippen molar-refractivity contribution in [3.63, 3.8) is 0 Å². The molecule has 0 fully saturated rings. The van der Waals surface area contributed by atoms with Crippen LogP contribution >= 0.6 is 0 Å². The van der Waals surface area contributed by atoms with E-state index in [-0.39, 0.29) is 12.5 Å². The summed E-state index contributed by atoms with van der Waals surface area (Å²) in [5.41, 5.74) is 2.04. The molecule has 1 rings (SSSR count). The lowest BCUT2D eigenvalue weighted by atomic mass is 9.95. The second kappa shape index (κ2) is 4.82. The zero-order valence-corrected chi connectivity index (χ0v) is 8.66. The Morgan fingerprint density at radius 2 is 2.29 bits per heavy atom. The minimum atomic E-state index is 0.109. The molecule has 0 saturated carbocycles. The third-order valence-corrected chi connectivity index (χ3v) is 2.33. The van der Waals surface area contributed by atoms with Crippen LogP contribution in [0, 0.1) is 0 Å². The third-order valence-electron chi connectivity index (χ3n) is 2.33. The van der Waals surface area contributed by atoms with Crippen LogP contribution < -0.4 is 4.74 Å². The molecule has 1 aromatic carbocycles. The van der Waals surface area contributed by atoms with Crippen molar-refractivity contribution in [1.82, 2.24) is 0 Å². The number of benzene rings is 1. The highest BCUT2D eigenvalue weighted by Crippen LogP contribution is 2.28. The van der Waals surface area contributed by atoms with Gasteiger partial charge in [0.05, 0.1) is 7.11 Å². The van der Waals surface area contributed by atoms with Gasteiger partial charge in [0.2, 0.25) is 0 Å². The standard InChI is InChI=1S/C12H16O2/c1-4-10-11(9(2)8-13)6-5-7-12(10)14-3/h4-7,9,13H,1,8H2,2-3H3. The number of aliphatic hydroxyl groups is 1. The minimum absolute atomic E-state index is 0.109. The van der Waals surface area contributed by atoms with Crippen molar-refractivity contribution < 1.29 is 9.84 Å². The van der Waals surface area contributed by atoms with Crippen LogP contribution in [0.1, 0.15) is 24.0 Å². The van der Waals surface area contributed by atoms with Crippen molar-refractivity contribution in [2.75, 3.05) is 13.7 Å². The third kappa shape index (κ3) is 1.96. The molecular weight excluding hydrogens is 176 g/mol. The second-order valence-corrected chi connectivity index (χ2v) is 3.25. The lowest BCUT2D eigenvalue weighted by molar-refractivity contribution is 0.272. The predicted molar refractivity (Wildman–Crippen MR) is 58.6 cm³/mol. The normalized spacial score (nSPS) is 12.2. The fourth-order valence-corrected chi connectivity index (χ4v) is 1.49. The van der Waals surface area contributed by atoms with Crippen molar-refractivity contribution in [2.45, 2.75) is 12.8 Å². The summed E-state index contributed by atoms with van der Waals surface area (Å²) in [6, 6.07) is 5.80. The number of hydrogen-bond donors (Lipinski definition) is 1. The molecule has 0 bridgehead atoms. The van der Waals surface area contributed by atoms with E-state index in [0.29, 0.717) is 0 Å². The molecule has 0 aliphatic rings.